The van der Waals surface area contributed by atoms with Gasteiger partial charge in [-0.05, 0) is 56.9 Å². The molecule has 2 aliphatic heterocycles. The Morgan fingerprint density at radius 2 is 1.71 bits per heavy atom. The molecule has 3 aliphatic rings. The molecule has 0 aromatic heterocycles. The van der Waals surface area contributed by atoms with E-state index in [4.69, 9.17) is 0 Å². The summed E-state index contributed by atoms with van der Waals surface area (Å²) < 4.78 is 0. The largest absolute Gasteiger partial charge is 0.356 e. The number of hydrogen-bond donors (Lipinski definition) is 2. The number of unbranched alkanes of at least 4 members (excludes halogenated alkanes) is 1. The van der Waals surface area contributed by atoms with E-state index in [0.29, 0.717) is 11.9 Å². The summed E-state index contributed by atoms with van der Waals surface area (Å²) in [4.78, 5) is 21.9. The van der Waals surface area contributed by atoms with Gasteiger partial charge in [0.05, 0.1) is 0 Å². The quantitative estimate of drug-likeness (QED) is 0.221. The third-order valence-corrected chi connectivity index (χ3v) is 7.16. The lowest BCUT2D eigenvalue weighted by molar-refractivity contribution is -0.135. The third-order valence-electron chi connectivity index (χ3n) is 7.16. The van der Waals surface area contributed by atoms with E-state index in [1.165, 1.54) is 51.7 Å². The van der Waals surface area contributed by atoms with Crippen LogP contribution in [-0.4, -0.2) is 74.0 Å². The second-order valence-corrected chi connectivity index (χ2v) is 10.2. The number of guanidine groups is 1. The van der Waals surface area contributed by atoms with Gasteiger partial charge in [-0.25, -0.2) is 0 Å². The van der Waals surface area contributed by atoms with Crippen molar-refractivity contribution in [3.05, 3.63) is 0 Å². The average molecular weight is 548 g/mol. The minimum absolute atomic E-state index is 0. The molecule has 7 heteroatoms. The van der Waals surface area contributed by atoms with Gasteiger partial charge in [0, 0.05) is 51.7 Å². The summed E-state index contributed by atoms with van der Waals surface area (Å²) >= 11 is 0. The first-order chi connectivity index (χ1) is 14.5. The molecule has 3 rings (SSSR count). The summed E-state index contributed by atoms with van der Waals surface area (Å²) in [5, 5.41) is 7.02. The summed E-state index contributed by atoms with van der Waals surface area (Å²) in [5.74, 6) is 3.23. The van der Waals surface area contributed by atoms with Crippen LogP contribution < -0.4 is 10.6 Å². The SMILES string of the molecule is CN=C(NCCCCN1CC(C)CC(C)C1)NC1CCN(C(=O)C2CCCCC2)C1.I. The van der Waals surface area contributed by atoms with Crippen molar-refractivity contribution in [2.24, 2.45) is 22.7 Å². The van der Waals surface area contributed by atoms with E-state index in [1.54, 1.807) is 0 Å². The zero-order valence-corrected chi connectivity index (χ0v) is 22.4. The first kappa shape index (κ1) is 26.7. The number of hydrogen-bond acceptors (Lipinski definition) is 3. The average Bonchev–Trinajstić information content (AvgIpc) is 3.20. The minimum atomic E-state index is 0. The van der Waals surface area contributed by atoms with Crippen molar-refractivity contribution in [2.75, 3.05) is 46.3 Å². The van der Waals surface area contributed by atoms with Crippen LogP contribution in [0.4, 0.5) is 0 Å². The molecule has 3 fully saturated rings. The number of rotatable bonds is 7. The van der Waals surface area contributed by atoms with Crippen LogP contribution in [0.25, 0.3) is 0 Å². The molecule has 1 amide bonds. The van der Waals surface area contributed by atoms with E-state index in [2.05, 4.69) is 39.3 Å². The van der Waals surface area contributed by atoms with Crippen LogP contribution in [0.15, 0.2) is 4.99 Å². The van der Waals surface area contributed by atoms with E-state index in [0.717, 1.165) is 63.1 Å². The predicted molar refractivity (Wildman–Crippen MR) is 140 cm³/mol. The lowest BCUT2D eigenvalue weighted by Gasteiger charge is -2.34. The number of carbonyl (C=O) groups excluding carboxylic acids is 1. The number of halogens is 1. The molecule has 0 spiro atoms. The number of nitrogens with zero attached hydrogens (tertiary/aromatic N) is 3. The van der Waals surface area contributed by atoms with E-state index in [1.807, 2.05) is 7.05 Å². The normalized spacial score (nSPS) is 28.3. The zero-order chi connectivity index (χ0) is 21.3. The first-order valence-corrected chi connectivity index (χ1v) is 12.5. The maximum atomic E-state index is 12.8. The summed E-state index contributed by atoms with van der Waals surface area (Å²) in [6.07, 6.45) is 10.7. The first-order valence-electron chi connectivity index (χ1n) is 12.5. The second-order valence-electron chi connectivity index (χ2n) is 10.2. The molecule has 1 aliphatic carbocycles. The van der Waals surface area contributed by atoms with Crippen molar-refractivity contribution in [1.29, 1.82) is 0 Å². The van der Waals surface area contributed by atoms with Crippen molar-refractivity contribution in [3.8, 4) is 0 Å². The Bertz CT molecular complexity index is 556. The molecule has 0 aromatic carbocycles. The number of amides is 1. The molecule has 2 N–H and O–H groups in total. The van der Waals surface area contributed by atoms with Gasteiger partial charge in [-0.3, -0.25) is 9.79 Å². The van der Waals surface area contributed by atoms with Gasteiger partial charge < -0.3 is 20.4 Å². The Kier molecular flexibility index (Phi) is 11.9. The number of carbonyl (C=O) groups is 1. The molecule has 3 atom stereocenters. The van der Waals surface area contributed by atoms with Gasteiger partial charge in [-0.2, -0.15) is 0 Å². The highest BCUT2D eigenvalue weighted by molar-refractivity contribution is 14.0. The Hall–Kier alpha value is -0.570. The maximum Gasteiger partial charge on any atom is 0.225 e. The number of aliphatic imine (C=N–C) groups is 1. The predicted octanol–water partition coefficient (Wildman–Crippen LogP) is 3.71. The molecular weight excluding hydrogens is 501 g/mol. The van der Waals surface area contributed by atoms with Gasteiger partial charge in [0.25, 0.3) is 0 Å². The fourth-order valence-corrected chi connectivity index (χ4v) is 5.72. The van der Waals surface area contributed by atoms with E-state index in [-0.39, 0.29) is 29.9 Å². The molecule has 2 saturated heterocycles. The summed E-state index contributed by atoms with van der Waals surface area (Å²) in [7, 11) is 1.84. The number of nitrogens with one attached hydrogen (secondary N) is 2. The summed E-state index contributed by atoms with van der Waals surface area (Å²) in [6, 6.07) is 0.320. The van der Waals surface area contributed by atoms with Crippen molar-refractivity contribution < 1.29 is 4.79 Å². The Morgan fingerprint density at radius 1 is 1.00 bits per heavy atom. The van der Waals surface area contributed by atoms with Crippen LogP contribution in [0.3, 0.4) is 0 Å². The zero-order valence-electron chi connectivity index (χ0n) is 20.1. The van der Waals surface area contributed by atoms with Crippen LogP contribution in [0.5, 0.6) is 0 Å². The Morgan fingerprint density at radius 3 is 2.39 bits per heavy atom. The maximum absolute atomic E-state index is 12.8. The lowest BCUT2D eigenvalue weighted by atomic mass is 9.88. The molecule has 0 aromatic rings. The highest BCUT2D eigenvalue weighted by Gasteiger charge is 2.31. The van der Waals surface area contributed by atoms with Crippen molar-refractivity contribution >= 4 is 35.8 Å². The molecule has 1 saturated carbocycles. The smallest absolute Gasteiger partial charge is 0.225 e. The molecule has 2 heterocycles. The fraction of sp³-hybridized carbons (Fsp3) is 0.917. The van der Waals surface area contributed by atoms with Crippen LogP contribution in [0.2, 0.25) is 0 Å². The van der Waals surface area contributed by atoms with Crippen LogP contribution in [0.1, 0.15) is 71.6 Å². The molecule has 0 radical (unpaired) electrons. The molecule has 31 heavy (non-hydrogen) atoms. The molecular formula is C24H46IN5O. The van der Waals surface area contributed by atoms with Crippen LogP contribution in [0, 0.1) is 17.8 Å². The number of piperidine rings is 1. The lowest BCUT2D eigenvalue weighted by Crippen LogP contribution is -2.46. The molecule has 0 bridgehead atoms. The molecule has 3 unspecified atom stereocenters. The van der Waals surface area contributed by atoms with Crippen molar-refractivity contribution in [2.45, 2.75) is 77.7 Å². The van der Waals surface area contributed by atoms with E-state index >= 15 is 0 Å². The number of likely N-dealkylation sites (tertiary alicyclic amines) is 2. The summed E-state index contributed by atoms with van der Waals surface area (Å²) in [5.41, 5.74) is 0. The van der Waals surface area contributed by atoms with Crippen molar-refractivity contribution in [1.82, 2.24) is 20.4 Å². The van der Waals surface area contributed by atoms with Gasteiger partial charge in [0.15, 0.2) is 5.96 Å². The fourth-order valence-electron chi connectivity index (χ4n) is 5.72. The van der Waals surface area contributed by atoms with Gasteiger partial charge in [-0.15, -0.1) is 24.0 Å². The molecule has 6 nitrogen and oxygen atoms in total. The van der Waals surface area contributed by atoms with Crippen LogP contribution >= 0.6 is 24.0 Å². The van der Waals surface area contributed by atoms with Crippen molar-refractivity contribution in [3.63, 3.8) is 0 Å². The van der Waals surface area contributed by atoms with Gasteiger partial charge in [0.2, 0.25) is 5.91 Å². The second kappa shape index (κ2) is 13.9. The minimum Gasteiger partial charge on any atom is -0.356 e. The summed E-state index contributed by atoms with van der Waals surface area (Å²) in [6.45, 7) is 11.2. The molecule has 180 valence electrons. The monoisotopic (exact) mass is 547 g/mol. The van der Waals surface area contributed by atoms with E-state index < -0.39 is 0 Å². The highest BCUT2D eigenvalue weighted by Crippen LogP contribution is 2.26. The Labute approximate surface area is 207 Å². The van der Waals surface area contributed by atoms with Crippen LogP contribution in [-0.2, 0) is 4.79 Å². The topological polar surface area (TPSA) is 60.0 Å². The Balaban J connectivity index is 0.00000341. The van der Waals surface area contributed by atoms with Gasteiger partial charge in [-0.1, -0.05) is 33.1 Å². The van der Waals surface area contributed by atoms with E-state index in [9.17, 15) is 4.79 Å². The standard InChI is InChI=1S/C24H45N5O.HI/c1-19-15-20(2)17-28(16-19)13-8-7-12-26-24(25-3)27-22-11-14-29(18-22)23(30)21-9-5-4-6-10-21;/h19-22H,4-18H2,1-3H3,(H2,25,26,27);1H. The highest BCUT2D eigenvalue weighted by atomic mass is 127. The third kappa shape index (κ3) is 8.71. The van der Waals surface area contributed by atoms with Gasteiger partial charge >= 0.3 is 0 Å². The van der Waals surface area contributed by atoms with Gasteiger partial charge in [0.1, 0.15) is 0 Å².